The summed E-state index contributed by atoms with van der Waals surface area (Å²) in [6, 6.07) is 12.2. The first kappa shape index (κ1) is 11.8. The molecule has 4 heteroatoms. The number of nitriles is 1. The van der Waals surface area contributed by atoms with Gasteiger partial charge in [0.1, 0.15) is 0 Å². The van der Waals surface area contributed by atoms with Gasteiger partial charge in [-0.1, -0.05) is 30.3 Å². The van der Waals surface area contributed by atoms with Crippen molar-refractivity contribution in [2.24, 2.45) is 0 Å². The van der Waals surface area contributed by atoms with Crippen LogP contribution in [0.3, 0.4) is 0 Å². The van der Waals surface area contributed by atoms with Gasteiger partial charge in [-0.15, -0.1) is 11.3 Å². The minimum absolute atomic E-state index is 0.0934. The van der Waals surface area contributed by atoms with Crippen molar-refractivity contribution in [3.63, 3.8) is 0 Å². The fourth-order valence-electron chi connectivity index (χ4n) is 1.59. The lowest BCUT2D eigenvalue weighted by molar-refractivity contribution is 0.656. The maximum Gasteiger partial charge on any atom is 0.0837 e. The molecule has 1 atom stereocenters. The van der Waals surface area contributed by atoms with Crippen LogP contribution in [0.5, 0.6) is 0 Å². The Labute approximate surface area is 105 Å². The van der Waals surface area contributed by atoms with Crippen molar-refractivity contribution in [2.75, 3.05) is 6.54 Å². The van der Waals surface area contributed by atoms with Gasteiger partial charge < -0.3 is 5.32 Å². The minimum Gasteiger partial charge on any atom is -0.310 e. The highest BCUT2D eigenvalue weighted by molar-refractivity contribution is 7.09. The number of rotatable bonds is 5. The molecule has 0 radical (unpaired) electrons. The van der Waals surface area contributed by atoms with Gasteiger partial charge in [0, 0.05) is 24.2 Å². The summed E-state index contributed by atoms with van der Waals surface area (Å²) in [7, 11) is 0. The van der Waals surface area contributed by atoms with Crippen molar-refractivity contribution in [1.82, 2.24) is 10.3 Å². The standard InChI is InChI=1S/C13H13N3S/c14-6-12(11-4-2-1-3-5-11)7-15-8-13-9-16-10-17-13/h1-5,9-10,12,15H,7-8H2. The summed E-state index contributed by atoms with van der Waals surface area (Å²) in [5.74, 6) is -0.0934. The molecule has 1 N–H and O–H groups in total. The molecule has 2 aromatic rings. The van der Waals surface area contributed by atoms with Crippen LogP contribution in [-0.2, 0) is 6.54 Å². The second-order valence-electron chi connectivity index (χ2n) is 3.69. The van der Waals surface area contributed by atoms with E-state index in [1.54, 1.807) is 11.3 Å². The fraction of sp³-hybridized carbons (Fsp3) is 0.231. The number of nitrogens with one attached hydrogen (secondary N) is 1. The highest BCUT2D eigenvalue weighted by Crippen LogP contribution is 2.13. The van der Waals surface area contributed by atoms with E-state index in [1.165, 1.54) is 4.88 Å². The zero-order chi connectivity index (χ0) is 11.9. The lowest BCUT2D eigenvalue weighted by Crippen LogP contribution is -2.19. The van der Waals surface area contributed by atoms with Crippen LogP contribution in [0.25, 0.3) is 0 Å². The predicted molar refractivity (Wildman–Crippen MR) is 68.6 cm³/mol. The molecule has 17 heavy (non-hydrogen) atoms. The Balaban J connectivity index is 1.87. The van der Waals surface area contributed by atoms with Gasteiger partial charge in [0.25, 0.3) is 0 Å². The van der Waals surface area contributed by atoms with Crippen molar-refractivity contribution >= 4 is 11.3 Å². The zero-order valence-corrected chi connectivity index (χ0v) is 10.2. The van der Waals surface area contributed by atoms with E-state index < -0.39 is 0 Å². The first-order valence-electron chi connectivity index (χ1n) is 5.43. The van der Waals surface area contributed by atoms with Crippen LogP contribution in [0.4, 0.5) is 0 Å². The van der Waals surface area contributed by atoms with Crippen molar-refractivity contribution in [3.8, 4) is 6.07 Å². The first-order chi connectivity index (χ1) is 8.40. The third-order valence-electron chi connectivity index (χ3n) is 2.49. The molecule has 1 aromatic carbocycles. The van der Waals surface area contributed by atoms with Crippen LogP contribution >= 0.6 is 11.3 Å². The third-order valence-corrected chi connectivity index (χ3v) is 3.27. The maximum atomic E-state index is 9.14. The monoisotopic (exact) mass is 243 g/mol. The first-order valence-corrected chi connectivity index (χ1v) is 6.31. The van der Waals surface area contributed by atoms with Crippen LogP contribution in [0.15, 0.2) is 42.0 Å². The Morgan fingerprint density at radius 3 is 2.82 bits per heavy atom. The van der Waals surface area contributed by atoms with Crippen LogP contribution in [0, 0.1) is 11.3 Å². The summed E-state index contributed by atoms with van der Waals surface area (Å²) in [5, 5.41) is 12.4. The van der Waals surface area contributed by atoms with E-state index in [0.717, 1.165) is 12.1 Å². The van der Waals surface area contributed by atoms with Crippen molar-refractivity contribution in [1.29, 1.82) is 5.26 Å². The Bertz CT molecular complexity index is 473. The van der Waals surface area contributed by atoms with E-state index >= 15 is 0 Å². The number of aromatic nitrogens is 1. The van der Waals surface area contributed by atoms with Gasteiger partial charge in [-0.25, -0.2) is 0 Å². The Hall–Kier alpha value is -1.70. The topological polar surface area (TPSA) is 48.7 Å². The van der Waals surface area contributed by atoms with E-state index in [2.05, 4.69) is 16.4 Å². The van der Waals surface area contributed by atoms with E-state index in [4.69, 9.17) is 5.26 Å². The van der Waals surface area contributed by atoms with Gasteiger partial charge in [0.15, 0.2) is 0 Å². The largest absolute Gasteiger partial charge is 0.310 e. The van der Waals surface area contributed by atoms with E-state index in [9.17, 15) is 0 Å². The molecule has 2 rings (SSSR count). The summed E-state index contributed by atoms with van der Waals surface area (Å²) < 4.78 is 0. The Morgan fingerprint density at radius 2 is 2.18 bits per heavy atom. The van der Waals surface area contributed by atoms with E-state index in [1.807, 2.05) is 42.0 Å². The van der Waals surface area contributed by atoms with Crippen LogP contribution in [0.1, 0.15) is 16.4 Å². The normalized spacial score (nSPS) is 11.9. The highest BCUT2D eigenvalue weighted by Gasteiger charge is 2.09. The van der Waals surface area contributed by atoms with Gasteiger partial charge in [0.2, 0.25) is 0 Å². The number of nitrogens with zero attached hydrogens (tertiary/aromatic N) is 2. The second kappa shape index (κ2) is 6.14. The Kier molecular flexibility index (Phi) is 4.25. The van der Waals surface area contributed by atoms with Crippen LogP contribution in [-0.4, -0.2) is 11.5 Å². The highest BCUT2D eigenvalue weighted by atomic mass is 32.1. The molecule has 0 aliphatic carbocycles. The van der Waals surface area contributed by atoms with E-state index in [0.29, 0.717) is 6.54 Å². The molecular weight excluding hydrogens is 230 g/mol. The molecule has 1 unspecified atom stereocenters. The average Bonchev–Trinajstić information content (AvgIpc) is 2.89. The number of hydrogen-bond acceptors (Lipinski definition) is 4. The van der Waals surface area contributed by atoms with Gasteiger partial charge in [-0.05, 0) is 5.56 Å². The van der Waals surface area contributed by atoms with Crippen molar-refractivity contribution in [2.45, 2.75) is 12.5 Å². The fourth-order valence-corrected chi connectivity index (χ4v) is 2.16. The SMILES string of the molecule is N#CC(CNCc1cncs1)c1ccccc1. The summed E-state index contributed by atoms with van der Waals surface area (Å²) in [4.78, 5) is 5.20. The summed E-state index contributed by atoms with van der Waals surface area (Å²) in [5.41, 5.74) is 2.88. The van der Waals surface area contributed by atoms with Gasteiger partial charge >= 0.3 is 0 Å². The van der Waals surface area contributed by atoms with E-state index in [-0.39, 0.29) is 5.92 Å². The minimum atomic E-state index is -0.0934. The van der Waals surface area contributed by atoms with Gasteiger partial charge in [0.05, 0.1) is 17.5 Å². The zero-order valence-electron chi connectivity index (χ0n) is 9.34. The second-order valence-corrected chi connectivity index (χ2v) is 4.66. The molecular formula is C13H13N3S. The summed E-state index contributed by atoms with van der Waals surface area (Å²) >= 11 is 1.62. The van der Waals surface area contributed by atoms with Gasteiger partial charge in [-0.3, -0.25) is 4.98 Å². The number of thiazole rings is 1. The van der Waals surface area contributed by atoms with Crippen LogP contribution in [0.2, 0.25) is 0 Å². The lowest BCUT2D eigenvalue weighted by Gasteiger charge is -2.09. The summed E-state index contributed by atoms with van der Waals surface area (Å²) in [6.45, 7) is 1.44. The molecule has 0 fully saturated rings. The average molecular weight is 243 g/mol. The molecule has 86 valence electrons. The molecule has 0 amide bonds. The summed E-state index contributed by atoms with van der Waals surface area (Å²) in [6.07, 6.45) is 1.85. The number of hydrogen-bond donors (Lipinski definition) is 1. The molecule has 0 aliphatic rings. The predicted octanol–water partition coefficient (Wildman–Crippen LogP) is 2.54. The molecule has 0 spiro atoms. The van der Waals surface area contributed by atoms with Gasteiger partial charge in [-0.2, -0.15) is 5.26 Å². The maximum absolute atomic E-state index is 9.14. The molecule has 0 saturated heterocycles. The Morgan fingerprint density at radius 1 is 1.35 bits per heavy atom. The quantitative estimate of drug-likeness (QED) is 0.878. The third kappa shape index (κ3) is 3.38. The van der Waals surface area contributed by atoms with Crippen LogP contribution < -0.4 is 5.32 Å². The van der Waals surface area contributed by atoms with Crippen molar-refractivity contribution < 1.29 is 0 Å². The molecule has 0 bridgehead atoms. The smallest absolute Gasteiger partial charge is 0.0837 e. The van der Waals surface area contributed by atoms with Crippen molar-refractivity contribution in [3.05, 3.63) is 52.5 Å². The molecule has 3 nitrogen and oxygen atoms in total. The lowest BCUT2D eigenvalue weighted by atomic mass is 10.0. The molecule has 1 aromatic heterocycles. The molecule has 0 saturated carbocycles. The molecule has 1 heterocycles. The molecule has 0 aliphatic heterocycles. The number of benzene rings is 1.